The van der Waals surface area contributed by atoms with Crippen LogP contribution in [0.3, 0.4) is 0 Å². The summed E-state index contributed by atoms with van der Waals surface area (Å²) in [5.41, 5.74) is 1.20. The van der Waals surface area contributed by atoms with Crippen molar-refractivity contribution in [1.82, 2.24) is 0 Å². The number of unbranched alkanes of at least 4 members (excludes halogenated alkanes) is 1. The molecule has 0 saturated carbocycles. The Morgan fingerprint density at radius 1 is 1.35 bits per heavy atom. The number of fused-ring (bicyclic) bond motifs is 3. The molecule has 3 rings (SSSR count). The van der Waals surface area contributed by atoms with Crippen LogP contribution in [0.25, 0.3) is 0 Å². The van der Waals surface area contributed by atoms with Crippen molar-refractivity contribution in [2.75, 3.05) is 6.61 Å². The van der Waals surface area contributed by atoms with Crippen molar-refractivity contribution >= 4 is 5.97 Å². The summed E-state index contributed by atoms with van der Waals surface area (Å²) in [5.74, 6) is -0.213. The van der Waals surface area contributed by atoms with E-state index in [1.807, 2.05) is 19.9 Å². The molecule has 170 valence electrons. The highest BCUT2D eigenvalue weighted by Crippen LogP contribution is 2.55. The molecule has 2 N–H and O–H groups in total. The van der Waals surface area contributed by atoms with Crippen LogP contribution in [-0.2, 0) is 15.0 Å². The second-order valence-electron chi connectivity index (χ2n) is 9.70. The molecule has 1 aliphatic heterocycles. The molecule has 1 aliphatic carbocycles. The van der Waals surface area contributed by atoms with Gasteiger partial charge in [0.15, 0.2) is 0 Å². The number of ether oxygens (including phenoxy) is 1. The van der Waals surface area contributed by atoms with Crippen molar-refractivity contribution in [2.45, 2.75) is 76.7 Å². The first-order valence-corrected chi connectivity index (χ1v) is 10.7. The number of carboxylic acids is 1. The van der Waals surface area contributed by atoms with Gasteiger partial charge in [-0.2, -0.15) is 0 Å². The van der Waals surface area contributed by atoms with Crippen LogP contribution < -0.4 is 4.74 Å². The Kier molecular flexibility index (Phi) is 6.21. The minimum absolute atomic E-state index is 0.0678. The second kappa shape index (κ2) is 8.40. The van der Waals surface area contributed by atoms with E-state index in [1.165, 1.54) is 0 Å². The summed E-state index contributed by atoms with van der Waals surface area (Å²) >= 11 is 0. The van der Waals surface area contributed by atoms with Gasteiger partial charge in [0.25, 0.3) is 5.09 Å². The highest BCUT2D eigenvalue weighted by molar-refractivity contribution is 5.87. The number of phenolic OH excluding ortho intramolecular Hbond substituents is 1. The van der Waals surface area contributed by atoms with Gasteiger partial charge in [0.05, 0.1) is 6.61 Å². The van der Waals surface area contributed by atoms with E-state index in [1.54, 1.807) is 12.1 Å². The number of rotatable bonds is 8. The zero-order chi connectivity index (χ0) is 23.0. The molecule has 0 unspecified atom stereocenters. The van der Waals surface area contributed by atoms with Gasteiger partial charge in [-0.15, -0.1) is 10.1 Å². The maximum absolute atomic E-state index is 11.5. The Hall–Kier alpha value is -2.77. The monoisotopic (exact) mass is 433 g/mol. The lowest BCUT2D eigenvalue weighted by Crippen LogP contribution is -2.46. The average Bonchev–Trinajstić information content (AvgIpc) is 2.66. The third-order valence-corrected chi connectivity index (χ3v) is 6.75. The first kappa shape index (κ1) is 22.9. The third-order valence-electron chi connectivity index (χ3n) is 6.75. The second-order valence-corrected chi connectivity index (χ2v) is 9.70. The van der Waals surface area contributed by atoms with Crippen molar-refractivity contribution in [3.63, 3.8) is 0 Å². The summed E-state index contributed by atoms with van der Waals surface area (Å²) in [6, 6.07) is 3.71. The maximum Gasteiger partial charge on any atom is 0.331 e. The third kappa shape index (κ3) is 4.78. The van der Waals surface area contributed by atoms with Crippen LogP contribution in [0, 0.1) is 16.0 Å². The van der Waals surface area contributed by atoms with E-state index >= 15 is 0 Å². The first-order chi connectivity index (χ1) is 14.4. The Morgan fingerprint density at radius 2 is 2.06 bits per heavy atom. The molecule has 1 heterocycles. The molecule has 0 fully saturated rings. The van der Waals surface area contributed by atoms with Gasteiger partial charge < -0.3 is 19.8 Å². The summed E-state index contributed by atoms with van der Waals surface area (Å²) in [4.78, 5) is 26.2. The van der Waals surface area contributed by atoms with Gasteiger partial charge in [0.2, 0.25) is 0 Å². The molecule has 2 aliphatic rings. The van der Waals surface area contributed by atoms with Gasteiger partial charge >= 0.3 is 5.97 Å². The molecular weight excluding hydrogens is 402 g/mol. The first-order valence-electron chi connectivity index (χ1n) is 10.7. The Balaban J connectivity index is 1.86. The number of allylic oxidation sites excluding steroid dienone is 1. The quantitative estimate of drug-likeness (QED) is 0.346. The average molecular weight is 434 g/mol. The summed E-state index contributed by atoms with van der Waals surface area (Å²) in [6.45, 7) is 8.21. The van der Waals surface area contributed by atoms with Crippen LogP contribution >= 0.6 is 0 Å². The zero-order valence-electron chi connectivity index (χ0n) is 18.5. The summed E-state index contributed by atoms with van der Waals surface area (Å²) in [5, 5.41) is 29.9. The van der Waals surface area contributed by atoms with E-state index in [2.05, 4.69) is 18.7 Å². The van der Waals surface area contributed by atoms with E-state index in [4.69, 9.17) is 4.74 Å². The fraction of sp³-hybridized carbons (Fsp3) is 0.609. The molecule has 0 bridgehead atoms. The molecule has 2 atom stereocenters. The van der Waals surface area contributed by atoms with Gasteiger partial charge in [-0.1, -0.05) is 26.3 Å². The highest BCUT2D eigenvalue weighted by atomic mass is 16.9. The molecule has 1 aromatic carbocycles. The van der Waals surface area contributed by atoms with E-state index in [-0.39, 0.29) is 29.6 Å². The lowest BCUT2D eigenvalue weighted by atomic mass is 9.66. The van der Waals surface area contributed by atoms with Crippen molar-refractivity contribution < 1.29 is 29.7 Å². The Labute approximate surface area is 182 Å². The molecule has 0 radical (unpaired) electrons. The number of aliphatic carboxylic acids is 1. The number of benzene rings is 1. The topological polar surface area (TPSA) is 119 Å². The zero-order valence-corrected chi connectivity index (χ0v) is 18.5. The standard InChI is InChI=1S/C23H31NO7/c1-22(2,9-5-6-10-30-24(28)29)15-12-18(25)20-16-11-14(21(26)27)7-8-17(16)23(3,4)31-19(20)13-15/h7,12-13,16-17,25H,5-6,8-11H2,1-4H3,(H,26,27)/t16-,17-/m1/s1. The van der Waals surface area contributed by atoms with E-state index in [9.17, 15) is 25.1 Å². The predicted octanol–water partition coefficient (Wildman–Crippen LogP) is 4.72. The molecule has 0 spiro atoms. The van der Waals surface area contributed by atoms with Crippen LogP contribution in [-0.4, -0.2) is 33.5 Å². The number of aromatic hydroxyl groups is 1. The number of carboxylic acid groups (broad SMARTS) is 1. The van der Waals surface area contributed by atoms with Gasteiger partial charge in [-0.3, -0.25) is 0 Å². The number of hydrogen-bond acceptors (Lipinski definition) is 6. The predicted molar refractivity (Wildman–Crippen MR) is 114 cm³/mol. The van der Waals surface area contributed by atoms with Crippen LogP contribution in [0.4, 0.5) is 0 Å². The lowest BCUT2D eigenvalue weighted by Gasteiger charge is -2.47. The summed E-state index contributed by atoms with van der Waals surface area (Å²) < 4.78 is 6.34. The Bertz CT molecular complexity index is 903. The summed E-state index contributed by atoms with van der Waals surface area (Å²) in [6.07, 6.45) is 4.80. The summed E-state index contributed by atoms with van der Waals surface area (Å²) in [7, 11) is 0. The van der Waals surface area contributed by atoms with Crippen LogP contribution in [0.15, 0.2) is 23.8 Å². The van der Waals surface area contributed by atoms with Gasteiger partial charge in [-0.25, -0.2) is 4.79 Å². The number of phenols is 1. The van der Waals surface area contributed by atoms with Crippen molar-refractivity contribution in [3.05, 3.63) is 45.0 Å². The van der Waals surface area contributed by atoms with Crippen LogP contribution in [0.2, 0.25) is 0 Å². The van der Waals surface area contributed by atoms with Crippen molar-refractivity contribution in [3.8, 4) is 11.5 Å². The maximum atomic E-state index is 11.5. The minimum Gasteiger partial charge on any atom is -0.508 e. The van der Waals surface area contributed by atoms with Gasteiger partial charge in [-0.05, 0) is 62.6 Å². The number of carbonyl (C=O) groups is 1. The SMILES string of the molecule is CC(C)(CCCCO[N+](=O)[O-])c1cc(O)c2c(c1)OC(C)(C)[C@@H]1CC=C(C(=O)O)C[C@@H]21. The van der Waals surface area contributed by atoms with Gasteiger partial charge in [0, 0.05) is 23.0 Å². The smallest absolute Gasteiger partial charge is 0.331 e. The molecule has 0 saturated heterocycles. The van der Waals surface area contributed by atoms with E-state index in [0.717, 1.165) is 18.4 Å². The molecule has 0 amide bonds. The van der Waals surface area contributed by atoms with E-state index in [0.29, 0.717) is 36.1 Å². The van der Waals surface area contributed by atoms with Crippen LogP contribution in [0.1, 0.15) is 76.8 Å². The Morgan fingerprint density at radius 3 is 2.71 bits per heavy atom. The van der Waals surface area contributed by atoms with E-state index < -0.39 is 16.7 Å². The molecule has 8 heteroatoms. The largest absolute Gasteiger partial charge is 0.508 e. The molecule has 31 heavy (non-hydrogen) atoms. The van der Waals surface area contributed by atoms with Crippen LogP contribution in [0.5, 0.6) is 11.5 Å². The molecular formula is C23H31NO7. The minimum atomic E-state index is -0.914. The normalized spacial score (nSPS) is 21.9. The highest BCUT2D eigenvalue weighted by Gasteiger charge is 2.47. The fourth-order valence-corrected chi connectivity index (χ4v) is 4.91. The lowest BCUT2D eigenvalue weighted by molar-refractivity contribution is -0.757. The molecule has 0 aromatic heterocycles. The number of hydrogen-bond donors (Lipinski definition) is 2. The fourth-order valence-electron chi connectivity index (χ4n) is 4.91. The van der Waals surface area contributed by atoms with Gasteiger partial charge in [0.1, 0.15) is 17.1 Å². The molecule has 1 aromatic rings. The molecule has 8 nitrogen and oxygen atoms in total. The van der Waals surface area contributed by atoms with Crippen molar-refractivity contribution in [2.24, 2.45) is 5.92 Å². The van der Waals surface area contributed by atoms with Crippen molar-refractivity contribution in [1.29, 1.82) is 0 Å². The number of nitrogens with zero attached hydrogens (tertiary/aromatic N) is 1.